The molecule has 0 radical (unpaired) electrons. The minimum Gasteiger partial charge on any atom is -0.467 e. The van der Waals surface area contributed by atoms with Crippen molar-refractivity contribution < 1.29 is 19.1 Å². The Bertz CT molecular complexity index is 583. The van der Waals surface area contributed by atoms with Gasteiger partial charge in [0.1, 0.15) is 6.04 Å². The van der Waals surface area contributed by atoms with Gasteiger partial charge in [-0.15, -0.1) is 0 Å². The minimum atomic E-state index is -0.787. The highest BCUT2D eigenvalue weighted by molar-refractivity contribution is 6.01. The Hall–Kier alpha value is -2.50. The molecule has 6 nitrogen and oxygen atoms in total. The Morgan fingerprint density at radius 1 is 1.36 bits per heavy atom. The van der Waals surface area contributed by atoms with Crippen LogP contribution >= 0.6 is 0 Å². The van der Waals surface area contributed by atoms with E-state index >= 15 is 0 Å². The summed E-state index contributed by atoms with van der Waals surface area (Å²) >= 11 is 0. The van der Waals surface area contributed by atoms with Crippen LogP contribution in [0.15, 0.2) is 35.3 Å². The Morgan fingerprint density at radius 3 is 2.73 bits per heavy atom. The van der Waals surface area contributed by atoms with E-state index in [1.165, 1.54) is 13.3 Å². The van der Waals surface area contributed by atoms with Crippen LogP contribution in [0.25, 0.3) is 0 Å². The molecule has 2 unspecified atom stereocenters. The average molecular weight is 302 g/mol. The predicted molar refractivity (Wildman–Crippen MR) is 80.6 cm³/mol. The summed E-state index contributed by atoms with van der Waals surface area (Å²) in [5.41, 5.74) is 0.909. The van der Waals surface area contributed by atoms with Crippen molar-refractivity contribution in [1.82, 2.24) is 5.32 Å². The number of amides is 1. The van der Waals surface area contributed by atoms with Crippen molar-refractivity contribution in [2.75, 3.05) is 13.7 Å². The first kappa shape index (κ1) is 15.9. The van der Waals surface area contributed by atoms with Gasteiger partial charge in [-0.25, -0.2) is 4.79 Å². The van der Waals surface area contributed by atoms with Crippen molar-refractivity contribution >= 4 is 23.9 Å². The summed E-state index contributed by atoms with van der Waals surface area (Å²) < 4.78 is 4.74. The highest BCUT2D eigenvalue weighted by Crippen LogP contribution is 2.10. The molecule has 1 aliphatic rings. The number of ether oxygens (including phenoxy) is 1. The molecule has 0 fully saturated rings. The summed E-state index contributed by atoms with van der Waals surface area (Å²) in [4.78, 5) is 39.3. The largest absolute Gasteiger partial charge is 0.467 e. The van der Waals surface area contributed by atoms with Crippen molar-refractivity contribution in [2.24, 2.45) is 10.9 Å². The second kappa shape index (κ2) is 7.49. The predicted octanol–water partition coefficient (Wildman–Crippen LogP) is 0.547. The molecule has 0 saturated carbocycles. The molecular weight excluding hydrogens is 284 g/mol. The Morgan fingerprint density at radius 2 is 2.09 bits per heavy atom. The third-order valence-corrected chi connectivity index (χ3v) is 3.42. The fourth-order valence-electron chi connectivity index (χ4n) is 2.27. The third kappa shape index (κ3) is 4.25. The van der Waals surface area contributed by atoms with E-state index in [2.05, 4.69) is 10.3 Å². The van der Waals surface area contributed by atoms with Crippen LogP contribution < -0.4 is 5.32 Å². The number of ketones is 1. The lowest BCUT2D eigenvalue weighted by Gasteiger charge is -2.20. The van der Waals surface area contributed by atoms with Crippen LogP contribution in [-0.2, 0) is 25.5 Å². The maximum absolute atomic E-state index is 12.2. The van der Waals surface area contributed by atoms with Gasteiger partial charge in [0.05, 0.1) is 19.6 Å². The van der Waals surface area contributed by atoms with E-state index in [0.717, 1.165) is 5.56 Å². The first-order valence-electron chi connectivity index (χ1n) is 7.04. The van der Waals surface area contributed by atoms with Crippen LogP contribution in [0.3, 0.4) is 0 Å². The minimum absolute atomic E-state index is 0.0830. The SMILES string of the molecule is COC(=O)C(Cc1ccccc1)NC(=O)C1C=NCC(=O)C1. The zero-order valence-electron chi connectivity index (χ0n) is 12.3. The Labute approximate surface area is 128 Å². The summed E-state index contributed by atoms with van der Waals surface area (Å²) in [6.07, 6.45) is 1.92. The van der Waals surface area contributed by atoms with E-state index in [-0.39, 0.29) is 24.7 Å². The molecule has 6 heteroatoms. The van der Waals surface area contributed by atoms with Gasteiger partial charge in [0, 0.05) is 19.1 Å². The number of hydrogen-bond acceptors (Lipinski definition) is 5. The summed E-state index contributed by atoms with van der Waals surface area (Å²) in [5.74, 6) is -1.61. The molecule has 0 aliphatic carbocycles. The van der Waals surface area contributed by atoms with E-state index < -0.39 is 17.9 Å². The lowest BCUT2D eigenvalue weighted by Crippen LogP contribution is -2.46. The van der Waals surface area contributed by atoms with E-state index in [4.69, 9.17) is 4.74 Å². The molecule has 0 saturated heterocycles. The highest BCUT2D eigenvalue weighted by atomic mass is 16.5. The van der Waals surface area contributed by atoms with Crippen LogP contribution in [0.2, 0.25) is 0 Å². The van der Waals surface area contributed by atoms with E-state index in [0.29, 0.717) is 6.42 Å². The molecule has 116 valence electrons. The molecule has 0 spiro atoms. The van der Waals surface area contributed by atoms with E-state index in [9.17, 15) is 14.4 Å². The van der Waals surface area contributed by atoms with Crippen LogP contribution in [0.1, 0.15) is 12.0 Å². The van der Waals surface area contributed by atoms with Crippen LogP contribution in [0.4, 0.5) is 0 Å². The molecule has 1 heterocycles. The summed E-state index contributed by atoms with van der Waals surface area (Å²) in [5, 5.41) is 2.65. The molecule has 1 amide bonds. The zero-order chi connectivity index (χ0) is 15.9. The van der Waals surface area contributed by atoms with Gasteiger partial charge >= 0.3 is 5.97 Å². The fourth-order valence-corrected chi connectivity index (χ4v) is 2.27. The quantitative estimate of drug-likeness (QED) is 0.805. The van der Waals surface area contributed by atoms with Gasteiger partial charge in [-0.1, -0.05) is 30.3 Å². The monoisotopic (exact) mass is 302 g/mol. The van der Waals surface area contributed by atoms with Crippen molar-refractivity contribution in [3.05, 3.63) is 35.9 Å². The highest BCUT2D eigenvalue weighted by Gasteiger charge is 2.28. The molecule has 2 rings (SSSR count). The number of aliphatic imine (C=N–C) groups is 1. The van der Waals surface area contributed by atoms with Gasteiger partial charge in [0.2, 0.25) is 5.91 Å². The summed E-state index contributed by atoms with van der Waals surface area (Å²) in [7, 11) is 1.28. The Balaban J connectivity index is 2.04. The first-order valence-corrected chi connectivity index (χ1v) is 7.04. The van der Waals surface area contributed by atoms with Gasteiger partial charge in [0.25, 0.3) is 0 Å². The zero-order valence-corrected chi connectivity index (χ0v) is 12.3. The van der Waals surface area contributed by atoms with Crippen LogP contribution in [0, 0.1) is 5.92 Å². The number of carbonyl (C=O) groups excluding carboxylic acids is 3. The number of esters is 1. The van der Waals surface area contributed by atoms with Crippen molar-refractivity contribution in [2.45, 2.75) is 18.9 Å². The third-order valence-electron chi connectivity index (χ3n) is 3.42. The standard InChI is InChI=1S/C16H18N2O4/c1-22-16(21)14(7-11-5-3-2-4-6-11)18-15(20)12-8-13(19)10-17-9-12/h2-6,9,12,14H,7-8,10H2,1H3,(H,18,20). The number of nitrogens with one attached hydrogen (secondary N) is 1. The molecule has 2 atom stereocenters. The molecular formula is C16H18N2O4. The molecule has 0 bridgehead atoms. The van der Waals surface area contributed by atoms with Crippen molar-refractivity contribution in [3.8, 4) is 0 Å². The number of nitrogens with zero attached hydrogens (tertiary/aromatic N) is 1. The van der Waals surface area contributed by atoms with Gasteiger partial charge in [0.15, 0.2) is 5.78 Å². The lowest BCUT2D eigenvalue weighted by atomic mass is 9.99. The number of rotatable bonds is 5. The van der Waals surface area contributed by atoms with Crippen molar-refractivity contribution in [3.63, 3.8) is 0 Å². The van der Waals surface area contributed by atoms with E-state index in [1.807, 2.05) is 30.3 Å². The molecule has 1 aliphatic heterocycles. The Kier molecular flexibility index (Phi) is 5.41. The van der Waals surface area contributed by atoms with E-state index in [1.54, 1.807) is 0 Å². The maximum atomic E-state index is 12.2. The van der Waals surface area contributed by atoms with Gasteiger partial charge in [-0.05, 0) is 5.56 Å². The van der Waals surface area contributed by atoms with Crippen molar-refractivity contribution in [1.29, 1.82) is 0 Å². The topological polar surface area (TPSA) is 84.8 Å². The average Bonchev–Trinajstić information content (AvgIpc) is 2.54. The fraction of sp³-hybridized carbons (Fsp3) is 0.375. The van der Waals surface area contributed by atoms with Gasteiger partial charge < -0.3 is 10.1 Å². The smallest absolute Gasteiger partial charge is 0.328 e. The first-order chi connectivity index (χ1) is 10.6. The molecule has 1 N–H and O–H groups in total. The van der Waals surface area contributed by atoms with Gasteiger partial charge in [-0.3, -0.25) is 14.6 Å². The number of Topliss-reactive ketones (excluding diaryl/α,β-unsaturated/α-hetero) is 1. The second-order valence-corrected chi connectivity index (χ2v) is 5.11. The lowest BCUT2D eigenvalue weighted by molar-refractivity contribution is -0.145. The number of hydrogen-bond donors (Lipinski definition) is 1. The normalized spacial score (nSPS) is 18.6. The molecule has 0 aromatic heterocycles. The number of carbonyl (C=O) groups is 3. The van der Waals surface area contributed by atoms with Crippen LogP contribution in [-0.4, -0.2) is 43.6 Å². The molecule has 1 aromatic carbocycles. The second-order valence-electron chi connectivity index (χ2n) is 5.11. The summed E-state index contributed by atoms with van der Waals surface area (Å²) in [6, 6.07) is 8.54. The number of benzene rings is 1. The molecule has 22 heavy (non-hydrogen) atoms. The molecule has 1 aromatic rings. The maximum Gasteiger partial charge on any atom is 0.328 e. The van der Waals surface area contributed by atoms with Gasteiger partial charge in [-0.2, -0.15) is 0 Å². The summed E-state index contributed by atoms with van der Waals surface area (Å²) in [6.45, 7) is 0.119. The number of methoxy groups -OCH3 is 1. The van der Waals surface area contributed by atoms with Crippen LogP contribution in [0.5, 0.6) is 0 Å².